The van der Waals surface area contributed by atoms with Crippen molar-refractivity contribution in [1.82, 2.24) is 0 Å². The van der Waals surface area contributed by atoms with Gasteiger partial charge in [0.2, 0.25) is 0 Å². The number of hydrogen-bond acceptors (Lipinski definition) is 9. The molecule has 0 aliphatic heterocycles. The van der Waals surface area contributed by atoms with Gasteiger partial charge in [-0.2, -0.15) is 0 Å². The predicted octanol–water partition coefficient (Wildman–Crippen LogP) is -8.64. The molecule has 0 fully saturated rings. The van der Waals surface area contributed by atoms with Gasteiger partial charge in [0, 0.05) is 27.5 Å². The second-order valence-electron chi connectivity index (χ2n) is 0.750. The Kier molecular flexibility index (Phi) is 48.4. The van der Waals surface area contributed by atoms with Gasteiger partial charge in [0.05, 0.1) is 0 Å². The molecule has 0 aliphatic rings. The maximum absolute atomic E-state index is 8.52. The van der Waals surface area contributed by atoms with E-state index >= 15 is 0 Å². The van der Waals surface area contributed by atoms with E-state index in [9.17, 15) is 0 Å². The largest absolute Gasteiger partial charge is 3.00 e. The molecule has 9 nitrogen and oxygen atoms in total. The van der Waals surface area contributed by atoms with Crippen LogP contribution >= 0.6 is 0 Å². The quantitative estimate of drug-likeness (QED) is 0.239. The molecule has 0 spiro atoms. The monoisotopic (exact) mass is 614 g/mol. The van der Waals surface area contributed by atoms with Crippen molar-refractivity contribution in [3.8, 4) is 0 Å². The molecule has 14 heavy (non-hydrogen) atoms. The third-order valence-corrected chi connectivity index (χ3v) is 0. The maximum atomic E-state index is 8.52. The van der Waals surface area contributed by atoms with Crippen LogP contribution in [0.5, 0.6) is 0 Å². The first kappa shape index (κ1) is 29.2. The Bertz CT molecular complexity index is 116. The molecule has 0 saturated carbocycles. The van der Waals surface area contributed by atoms with Crippen molar-refractivity contribution in [3.63, 3.8) is 0 Å². The van der Waals surface area contributed by atoms with E-state index in [-0.39, 0.29) is 40.2 Å². The maximum Gasteiger partial charge on any atom is 3.00 e. The topological polar surface area (TPSA) is 190 Å². The van der Waals surface area contributed by atoms with Crippen molar-refractivity contribution < 1.29 is 82.4 Å². The first-order chi connectivity index (χ1) is 5.20. The first-order valence-corrected chi connectivity index (χ1v) is 5.51. The molecule has 0 aromatic heterocycles. The zero-order chi connectivity index (χ0) is 10.7. The minimum atomic E-state index is -3.63. The minimum Gasteiger partial charge on any atom is -0.672 e. The van der Waals surface area contributed by atoms with Crippen LogP contribution < -0.4 is 28.8 Å². The van der Waals surface area contributed by atoms with Crippen LogP contribution in [0, 0.1) is 0 Å². The fourth-order valence-corrected chi connectivity index (χ4v) is 0. The summed E-state index contributed by atoms with van der Waals surface area (Å²) in [4.78, 5) is 51.1. The fourth-order valence-electron chi connectivity index (χ4n) is 0. The zero-order valence-electron chi connectivity index (χ0n) is 5.84. The predicted molar refractivity (Wildman–Crippen MR) is 19.3 cm³/mol. The van der Waals surface area contributed by atoms with E-state index < -0.39 is 27.5 Å². The molecular formula is Ir2O9Si3. The van der Waals surface area contributed by atoms with Crippen molar-refractivity contribution in [1.29, 1.82) is 0 Å². The summed E-state index contributed by atoms with van der Waals surface area (Å²) in [5, 5.41) is 0. The number of hydrogen-bond donors (Lipinski definition) is 0. The van der Waals surface area contributed by atoms with E-state index in [0.29, 0.717) is 0 Å². The molecule has 0 unspecified atom stereocenters. The molecule has 0 aliphatic carbocycles. The van der Waals surface area contributed by atoms with Gasteiger partial charge >= 0.3 is 40.2 Å². The summed E-state index contributed by atoms with van der Waals surface area (Å²) in [5.41, 5.74) is 0. The molecule has 0 atom stereocenters. The van der Waals surface area contributed by atoms with Crippen molar-refractivity contribution >= 4 is 27.5 Å². The van der Waals surface area contributed by atoms with Gasteiger partial charge in [0.15, 0.2) is 0 Å². The molecule has 0 amide bonds. The Morgan fingerprint density at radius 1 is 0.500 bits per heavy atom. The second-order valence-corrected chi connectivity index (χ2v) is 2.25. The average molecular weight is 613 g/mol. The van der Waals surface area contributed by atoms with Gasteiger partial charge in [-0.25, -0.2) is 0 Å². The van der Waals surface area contributed by atoms with E-state index in [4.69, 9.17) is 42.2 Å². The van der Waals surface area contributed by atoms with Crippen LogP contribution in [0.1, 0.15) is 0 Å². The summed E-state index contributed by atoms with van der Waals surface area (Å²) in [6.07, 6.45) is 0. The summed E-state index contributed by atoms with van der Waals surface area (Å²) in [6.45, 7) is 0. The van der Waals surface area contributed by atoms with Crippen molar-refractivity contribution in [2.45, 2.75) is 0 Å². The van der Waals surface area contributed by atoms with Crippen LogP contribution in [0.25, 0.3) is 0 Å². The molecule has 0 saturated heterocycles. The second kappa shape index (κ2) is 23.2. The Hall–Kier alpha value is 0.149. The summed E-state index contributed by atoms with van der Waals surface area (Å²) in [5.74, 6) is 0. The average Bonchev–Trinajstić information content (AvgIpc) is 1.54. The molecule has 0 radical (unpaired) electrons. The van der Waals surface area contributed by atoms with Crippen molar-refractivity contribution in [2.75, 3.05) is 0 Å². The van der Waals surface area contributed by atoms with Crippen molar-refractivity contribution in [3.05, 3.63) is 0 Å². The first-order valence-electron chi connectivity index (χ1n) is 1.84. The van der Waals surface area contributed by atoms with Gasteiger partial charge in [0.1, 0.15) is 0 Å². The van der Waals surface area contributed by atoms with Crippen molar-refractivity contribution in [2.24, 2.45) is 0 Å². The standard InChI is InChI=1S/2Ir.3O3Si/c;;3*1-4(2)3/q2*+3;3*-2. The van der Waals surface area contributed by atoms with E-state index in [2.05, 4.69) is 0 Å². The third kappa shape index (κ3) is 67700. The molecule has 14 heteroatoms. The summed E-state index contributed by atoms with van der Waals surface area (Å²) in [7, 11) is -10.9. The normalized spacial score (nSPS) is 5.14. The van der Waals surface area contributed by atoms with Gasteiger partial charge in [-0.05, 0) is 0 Å². The van der Waals surface area contributed by atoms with Gasteiger partial charge in [-0.15, -0.1) is 0 Å². The minimum absolute atomic E-state index is 0. The Morgan fingerprint density at radius 2 is 0.500 bits per heavy atom. The summed E-state index contributed by atoms with van der Waals surface area (Å²) in [6, 6.07) is 0. The van der Waals surface area contributed by atoms with Gasteiger partial charge < -0.3 is 42.2 Å². The van der Waals surface area contributed by atoms with Gasteiger partial charge in [0.25, 0.3) is 0 Å². The number of rotatable bonds is 0. The third-order valence-electron chi connectivity index (χ3n) is 0. The molecule has 0 heterocycles. The van der Waals surface area contributed by atoms with Crippen LogP contribution in [0.2, 0.25) is 0 Å². The molecule has 84 valence electrons. The Morgan fingerprint density at radius 3 is 0.500 bits per heavy atom. The molecule has 0 aromatic carbocycles. The Labute approximate surface area is 109 Å². The molecule has 0 aromatic rings. The van der Waals surface area contributed by atoms with Crippen LogP contribution in [0.4, 0.5) is 0 Å². The molecular weight excluding hydrogens is 613 g/mol. The van der Waals surface area contributed by atoms with Crippen LogP contribution in [-0.2, 0) is 53.6 Å². The van der Waals surface area contributed by atoms with Crippen LogP contribution in [0.3, 0.4) is 0 Å². The Balaban J connectivity index is -0.0000000270. The fraction of sp³-hybridized carbons (Fsp3) is 0. The van der Waals surface area contributed by atoms with E-state index in [1.807, 2.05) is 0 Å². The molecule has 0 bridgehead atoms. The van der Waals surface area contributed by atoms with Gasteiger partial charge in [-0.1, -0.05) is 0 Å². The van der Waals surface area contributed by atoms with E-state index in [1.165, 1.54) is 0 Å². The molecule has 0 N–H and O–H groups in total. The zero-order valence-corrected chi connectivity index (χ0v) is 13.6. The molecule has 0 rings (SSSR count). The SMILES string of the molecule is O=[Si]([O-])[O-].O=[Si]([O-])[O-].O=[Si]([O-])[O-].[Ir+3].[Ir+3]. The van der Waals surface area contributed by atoms with Gasteiger partial charge in [-0.3, -0.25) is 0 Å². The van der Waals surface area contributed by atoms with Crippen LogP contribution in [-0.4, -0.2) is 27.5 Å². The van der Waals surface area contributed by atoms with Crippen LogP contribution in [0.15, 0.2) is 0 Å². The summed E-state index contributed by atoms with van der Waals surface area (Å²) >= 11 is 0. The summed E-state index contributed by atoms with van der Waals surface area (Å²) < 4.78 is 25.6. The van der Waals surface area contributed by atoms with E-state index in [1.54, 1.807) is 0 Å². The smallest absolute Gasteiger partial charge is 0.672 e. The van der Waals surface area contributed by atoms with E-state index in [0.717, 1.165) is 0 Å².